The molecule has 0 fully saturated rings. The number of nitriles is 1. The third-order valence-corrected chi connectivity index (χ3v) is 4.03. The molecule has 2 N–H and O–H groups in total. The summed E-state index contributed by atoms with van der Waals surface area (Å²) >= 11 is 0. The van der Waals surface area contributed by atoms with E-state index >= 15 is 0 Å². The van der Waals surface area contributed by atoms with Crippen LogP contribution in [0.1, 0.15) is 12.0 Å². The molecule has 0 saturated carbocycles. The number of hydrogen-bond acceptors (Lipinski definition) is 6. The number of benzene rings is 2. The zero-order chi connectivity index (χ0) is 19.4. The van der Waals surface area contributed by atoms with Crippen LogP contribution in [0.15, 0.2) is 53.3 Å². The molecule has 0 aliphatic rings. The number of nitrogens with two attached hydrogens (primary N) is 1. The van der Waals surface area contributed by atoms with Gasteiger partial charge < -0.3 is 10.5 Å². The number of non-ortho nitro benzene ring substituents is 1. The molecule has 27 heavy (non-hydrogen) atoms. The quantitative estimate of drug-likeness (QED) is 0.407. The predicted molar refractivity (Wildman–Crippen MR) is 100 cm³/mol. The number of nitro groups is 1. The standard InChI is InChI=1S/C19H16N4O4/c20-8-1-9-27-17-7-2-13-10-14(12-21)19(24)22(18(13)11-17)15-3-5-16(6-4-15)23(25)26/h2-7,10-11H,1,8-9,20H2. The Labute approximate surface area is 154 Å². The van der Waals surface area contributed by atoms with E-state index in [2.05, 4.69) is 0 Å². The number of hydrogen-bond donors (Lipinski definition) is 1. The number of nitro benzene ring substituents is 1. The summed E-state index contributed by atoms with van der Waals surface area (Å²) in [5.41, 5.74) is 5.82. The van der Waals surface area contributed by atoms with Gasteiger partial charge in [0.25, 0.3) is 11.2 Å². The molecule has 0 aliphatic heterocycles. The molecule has 0 atom stereocenters. The molecule has 0 unspecified atom stereocenters. The van der Waals surface area contributed by atoms with Crippen molar-refractivity contribution in [1.82, 2.24) is 4.57 Å². The van der Waals surface area contributed by atoms with Crippen LogP contribution in [0.2, 0.25) is 0 Å². The van der Waals surface area contributed by atoms with Crippen LogP contribution in [0.3, 0.4) is 0 Å². The molecule has 136 valence electrons. The number of ether oxygens (including phenoxy) is 1. The van der Waals surface area contributed by atoms with Crippen molar-refractivity contribution in [1.29, 1.82) is 5.26 Å². The maximum absolute atomic E-state index is 12.8. The summed E-state index contributed by atoms with van der Waals surface area (Å²) < 4.78 is 7.00. The topological polar surface area (TPSA) is 124 Å². The molecule has 8 nitrogen and oxygen atoms in total. The lowest BCUT2D eigenvalue weighted by Crippen LogP contribution is -2.21. The van der Waals surface area contributed by atoms with Gasteiger partial charge in [-0.05, 0) is 43.3 Å². The van der Waals surface area contributed by atoms with Crippen molar-refractivity contribution in [2.45, 2.75) is 6.42 Å². The minimum atomic E-state index is -0.514. The lowest BCUT2D eigenvalue weighted by atomic mass is 10.1. The zero-order valence-electron chi connectivity index (χ0n) is 14.3. The largest absolute Gasteiger partial charge is 0.493 e. The number of pyridine rings is 1. The monoisotopic (exact) mass is 364 g/mol. The first-order valence-electron chi connectivity index (χ1n) is 8.23. The highest BCUT2D eigenvalue weighted by Gasteiger charge is 2.13. The van der Waals surface area contributed by atoms with Crippen molar-refractivity contribution < 1.29 is 9.66 Å². The first-order chi connectivity index (χ1) is 13.0. The van der Waals surface area contributed by atoms with Gasteiger partial charge in [0, 0.05) is 29.3 Å². The average molecular weight is 364 g/mol. The Balaban J connectivity index is 2.19. The third-order valence-electron chi connectivity index (χ3n) is 4.03. The molecule has 0 spiro atoms. The van der Waals surface area contributed by atoms with E-state index in [4.69, 9.17) is 10.5 Å². The average Bonchev–Trinajstić information content (AvgIpc) is 2.68. The molecular formula is C19H16N4O4. The van der Waals surface area contributed by atoms with Gasteiger partial charge in [-0.2, -0.15) is 5.26 Å². The number of nitrogens with zero attached hydrogens (tertiary/aromatic N) is 3. The van der Waals surface area contributed by atoms with Crippen molar-refractivity contribution in [2.75, 3.05) is 13.2 Å². The van der Waals surface area contributed by atoms with Crippen LogP contribution in [0, 0.1) is 21.4 Å². The fraction of sp³-hybridized carbons (Fsp3) is 0.158. The van der Waals surface area contributed by atoms with Crippen LogP contribution in [-0.2, 0) is 0 Å². The van der Waals surface area contributed by atoms with Gasteiger partial charge in [-0.3, -0.25) is 19.5 Å². The van der Waals surface area contributed by atoms with E-state index in [1.165, 1.54) is 34.9 Å². The van der Waals surface area contributed by atoms with Gasteiger partial charge in [0.15, 0.2) is 0 Å². The Hall–Kier alpha value is -3.70. The predicted octanol–water partition coefficient (Wildman–Crippen LogP) is 2.50. The highest BCUT2D eigenvalue weighted by molar-refractivity contribution is 5.83. The summed E-state index contributed by atoms with van der Waals surface area (Å²) in [6.07, 6.45) is 0.695. The molecule has 3 rings (SSSR count). The van der Waals surface area contributed by atoms with E-state index < -0.39 is 10.5 Å². The molecule has 2 aromatic carbocycles. The third kappa shape index (κ3) is 3.63. The summed E-state index contributed by atoms with van der Waals surface area (Å²) in [7, 11) is 0. The molecule has 0 amide bonds. The maximum Gasteiger partial charge on any atom is 0.273 e. The van der Waals surface area contributed by atoms with E-state index in [1.807, 2.05) is 6.07 Å². The molecule has 1 heterocycles. The fourth-order valence-corrected chi connectivity index (χ4v) is 2.71. The zero-order valence-corrected chi connectivity index (χ0v) is 14.3. The molecule has 3 aromatic rings. The second kappa shape index (κ2) is 7.68. The summed E-state index contributed by atoms with van der Waals surface area (Å²) in [4.78, 5) is 23.1. The first kappa shape index (κ1) is 18.1. The van der Waals surface area contributed by atoms with Crippen LogP contribution >= 0.6 is 0 Å². The van der Waals surface area contributed by atoms with Gasteiger partial charge in [-0.1, -0.05) is 0 Å². The summed E-state index contributed by atoms with van der Waals surface area (Å²) in [5.74, 6) is 0.565. The normalized spacial score (nSPS) is 10.5. The van der Waals surface area contributed by atoms with Gasteiger partial charge in [0.2, 0.25) is 0 Å². The Bertz CT molecular complexity index is 1100. The molecule has 1 aromatic heterocycles. The summed E-state index contributed by atoms with van der Waals surface area (Å²) in [5, 5.41) is 20.8. The second-order valence-electron chi connectivity index (χ2n) is 5.80. The van der Waals surface area contributed by atoms with E-state index in [-0.39, 0.29) is 11.3 Å². The lowest BCUT2D eigenvalue weighted by Gasteiger charge is -2.13. The minimum Gasteiger partial charge on any atom is -0.493 e. The molecule has 0 bridgehead atoms. The Kier molecular flexibility index (Phi) is 5.15. The Morgan fingerprint density at radius 3 is 2.56 bits per heavy atom. The first-order valence-corrected chi connectivity index (χ1v) is 8.23. The Morgan fingerprint density at radius 1 is 1.19 bits per heavy atom. The fourth-order valence-electron chi connectivity index (χ4n) is 2.71. The number of rotatable bonds is 6. The molecular weight excluding hydrogens is 348 g/mol. The summed E-state index contributed by atoms with van der Waals surface area (Å²) in [6.45, 7) is 0.951. The van der Waals surface area contributed by atoms with Crippen molar-refractivity contribution in [2.24, 2.45) is 5.73 Å². The maximum atomic E-state index is 12.8. The highest BCUT2D eigenvalue weighted by Crippen LogP contribution is 2.24. The van der Waals surface area contributed by atoms with Crippen molar-refractivity contribution in [3.63, 3.8) is 0 Å². The molecule has 0 aliphatic carbocycles. The van der Waals surface area contributed by atoms with Crippen LogP contribution in [-0.4, -0.2) is 22.6 Å². The van der Waals surface area contributed by atoms with Gasteiger partial charge in [0.1, 0.15) is 17.4 Å². The number of aromatic nitrogens is 1. The van der Waals surface area contributed by atoms with Crippen molar-refractivity contribution in [3.05, 3.63) is 74.6 Å². The van der Waals surface area contributed by atoms with Crippen LogP contribution in [0.4, 0.5) is 5.69 Å². The molecule has 0 radical (unpaired) electrons. The number of fused-ring (bicyclic) bond motifs is 1. The van der Waals surface area contributed by atoms with Crippen molar-refractivity contribution >= 4 is 16.6 Å². The summed E-state index contributed by atoms with van der Waals surface area (Å²) in [6, 6.07) is 14.2. The van der Waals surface area contributed by atoms with E-state index in [0.29, 0.717) is 41.9 Å². The van der Waals surface area contributed by atoms with Crippen molar-refractivity contribution in [3.8, 4) is 17.5 Å². The smallest absolute Gasteiger partial charge is 0.273 e. The minimum absolute atomic E-state index is 0.0161. The van der Waals surface area contributed by atoms with E-state index in [0.717, 1.165) is 0 Å². The lowest BCUT2D eigenvalue weighted by molar-refractivity contribution is -0.384. The Morgan fingerprint density at radius 2 is 1.93 bits per heavy atom. The van der Waals surface area contributed by atoms with Gasteiger partial charge >= 0.3 is 0 Å². The van der Waals surface area contributed by atoms with Crippen LogP contribution in [0.5, 0.6) is 5.75 Å². The molecule has 8 heteroatoms. The highest BCUT2D eigenvalue weighted by atomic mass is 16.6. The van der Waals surface area contributed by atoms with Gasteiger partial charge in [-0.25, -0.2) is 0 Å². The SMILES string of the molecule is N#Cc1cc2ccc(OCCCN)cc2n(-c2ccc([N+](=O)[O-])cc2)c1=O. The molecule has 0 saturated heterocycles. The van der Waals surface area contributed by atoms with Gasteiger partial charge in [-0.15, -0.1) is 0 Å². The van der Waals surface area contributed by atoms with E-state index in [1.54, 1.807) is 18.2 Å². The van der Waals surface area contributed by atoms with E-state index in [9.17, 15) is 20.2 Å². The van der Waals surface area contributed by atoms with Crippen LogP contribution in [0.25, 0.3) is 16.6 Å². The van der Waals surface area contributed by atoms with Crippen LogP contribution < -0.4 is 16.0 Å². The van der Waals surface area contributed by atoms with Gasteiger partial charge in [0.05, 0.1) is 17.0 Å². The second-order valence-corrected chi connectivity index (χ2v) is 5.80.